The van der Waals surface area contributed by atoms with Crippen molar-refractivity contribution in [1.82, 2.24) is 9.97 Å². The molecule has 0 aliphatic carbocycles. The summed E-state index contributed by atoms with van der Waals surface area (Å²) in [5.74, 6) is 0.951. The lowest BCUT2D eigenvalue weighted by Gasteiger charge is -2.02. The highest BCUT2D eigenvalue weighted by molar-refractivity contribution is 7.99. The second-order valence-corrected chi connectivity index (χ2v) is 9.20. The van der Waals surface area contributed by atoms with Gasteiger partial charge in [0.05, 0.1) is 25.4 Å². The molecule has 0 aliphatic heterocycles. The van der Waals surface area contributed by atoms with Gasteiger partial charge in [0, 0.05) is 11.3 Å². The van der Waals surface area contributed by atoms with Gasteiger partial charge in [-0.05, 0) is 43.4 Å². The van der Waals surface area contributed by atoms with E-state index in [0.717, 1.165) is 37.6 Å². The molecule has 26 heavy (non-hydrogen) atoms. The zero-order chi connectivity index (χ0) is 17.9. The fraction of sp³-hybridized carbons (Fsp3) is 0.211. The molecule has 1 N–H and O–H groups in total. The summed E-state index contributed by atoms with van der Waals surface area (Å²) in [5, 5.41) is 4.65. The smallest absolute Gasteiger partial charge is 0.226 e. The van der Waals surface area contributed by atoms with Gasteiger partial charge in [0.15, 0.2) is 5.13 Å². The monoisotopic (exact) mass is 399 g/mol. The molecule has 4 nitrogen and oxygen atoms in total. The largest absolute Gasteiger partial charge is 0.302 e. The number of thiazole rings is 2. The van der Waals surface area contributed by atoms with Crippen molar-refractivity contribution >= 4 is 65.9 Å². The van der Waals surface area contributed by atoms with Crippen molar-refractivity contribution in [1.29, 1.82) is 0 Å². The number of aryl methyl sites for hydroxylation is 1. The first-order valence-electron chi connectivity index (χ1n) is 8.33. The Hall–Kier alpha value is -1.96. The van der Waals surface area contributed by atoms with Crippen molar-refractivity contribution in [2.45, 2.75) is 24.7 Å². The Labute approximate surface area is 163 Å². The topological polar surface area (TPSA) is 54.9 Å². The molecule has 1 amide bonds. The predicted octanol–water partition coefficient (Wildman–Crippen LogP) is 5.73. The number of nitrogens with zero attached hydrogens (tertiary/aromatic N) is 2. The maximum atomic E-state index is 12.2. The van der Waals surface area contributed by atoms with E-state index in [9.17, 15) is 4.79 Å². The molecule has 7 heteroatoms. The molecule has 0 unspecified atom stereocenters. The second kappa shape index (κ2) is 7.73. The maximum absolute atomic E-state index is 12.2. The van der Waals surface area contributed by atoms with E-state index in [2.05, 4.69) is 27.4 Å². The first-order chi connectivity index (χ1) is 12.7. The Morgan fingerprint density at radius 1 is 1.04 bits per heavy atom. The summed E-state index contributed by atoms with van der Waals surface area (Å²) in [4.78, 5) is 22.5. The average molecular weight is 400 g/mol. The van der Waals surface area contributed by atoms with Crippen molar-refractivity contribution in [2.75, 3.05) is 11.1 Å². The number of benzene rings is 2. The Balaban J connectivity index is 1.36. The summed E-state index contributed by atoms with van der Waals surface area (Å²) in [7, 11) is 0. The molecule has 132 valence electrons. The van der Waals surface area contributed by atoms with Crippen LogP contribution in [-0.4, -0.2) is 21.6 Å². The Morgan fingerprint density at radius 2 is 1.77 bits per heavy atom. The number of hydrogen-bond donors (Lipinski definition) is 1. The highest BCUT2D eigenvalue weighted by atomic mass is 32.2. The lowest BCUT2D eigenvalue weighted by molar-refractivity contribution is -0.116. The zero-order valence-corrected chi connectivity index (χ0v) is 16.6. The number of carbonyl (C=O) groups is 1. The molecule has 0 spiro atoms. The van der Waals surface area contributed by atoms with Crippen molar-refractivity contribution < 1.29 is 4.79 Å². The van der Waals surface area contributed by atoms with Crippen LogP contribution >= 0.6 is 34.4 Å². The highest BCUT2D eigenvalue weighted by Gasteiger charge is 2.12. The minimum atomic E-state index is 0.0226. The van der Waals surface area contributed by atoms with Gasteiger partial charge in [-0.25, -0.2) is 9.97 Å². The number of carbonyl (C=O) groups excluding carboxylic acids is 1. The average Bonchev–Trinajstić information content (AvgIpc) is 3.21. The minimum Gasteiger partial charge on any atom is -0.302 e. The lowest BCUT2D eigenvalue weighted by atomic mass is 10.3. The number of amides is 1. The number of anilines is 1. The van der Waals surface area contributed by atoms with Crippen LogP contribution in [0.3, 0.4) is 0 Å². The Bertz CT molecular complexity index is 1060. The molecule has 4 aromatic rings. The summed E-state index contributed by atoms with van der Waals surface area (Å²) in [6, 6.07) is 14.2. The molecule has 2 aromatic carbocycles. The Morgan fingerprint density at radius 3 is 2.58 bits per heavy atom. The molecular formula is C19H17N3OS3. The number of thioether (sulfide) groups is 1. The number of hydrogen-bond acceptors (Lipinski definition) is 6. The van der Waals surface area contributed by atoms with E-state index in [1.807, 2.05) is 37.3 Å². The third kappa shape index (κ3) is 3.90. The van der Waals surface area contributed by atoms with Crippen molar-refractivity contribution in [3.8, 4) is 0 Å². The molecule has 0 saturated heterocycles. The van der Waals surface area contributed by atoms with Gasteiger partial charge in [-0.3, -0.25) is 4.79 Å². The van der Waals surface area contributed by atoms with Gasteiger partial charge < -0.3 is 5.32 Å². The standard InChI is InChI=1S/C19H17N3OS3/c1-12-20-14-9-10-15-18(17(14)25-12)26-19(21-15)22-16(23)8-5-11-24-13-6-3-2-4-7-13/h2-4,6-7,9-10H,5,8,11H2,1H3,(H,21,22,23). The van der Waals surface area contributed by atoms with Gasteiger partial charge in [0.2, 0.25) is 5.91 Å². The number of nitrogens with one attached hydrogen (secondary N) is 1. The maximum Gasteiger partial charge on any atom is 0.226 e. The van der Waals surface area contributed by atoms with Gasteiger partial charge in [-0.1, -0.05) is 29.5 Å². The lowest BCUT2D eigenvalue weighted by Crippen LogP contribution is -2.11. The summed E-state index contributed by atoms with van der Waals surface area (Å²) >= 11 is 4.98. The zero-order valence-electron chi connectivity index (χ0n) is 14.2. The van der Waals surface area contributed by atoms with Crippen LogP contribution in [0.25, 0.3) is 20.4 Å². The van der Waals surface area contributed by atoms with Crippen LogP contribution in [0, 0.1) is 6.92 Å². The van der Waals surface area contributed by atoms with E-state index < -0.39 is 0 Å². The summed E-state index contributed by atoms with van der Waals surface area (Å²) < 4.78 is 2.25. The quantitative estimate of drug-likeness (QED) is 0.332. The second-order valence-electron chi connectivity index (χ2n) is 5.83. The van der Waals surface area contributed by atoms with Gasteiger partial charge in [0.1, 0.15) is 0 Å². The third-order valence-electron chi connectivity index (χ3n) is 3.83. The number of rotatable bonds is 6. The molecule has 2 heterocycles. The van der Waals surface area contributed by atoms with E-state index in [1.165, 1.54) is 16.2 Å². The molecule has 0 atom stereocenters. The van der Waals surface area contributed by atoms with Gasteiger partial charge in [-0.15, -0.1) is 23.1 Å². The molecule has 0 radical (unpaired) electrons. The summed E-state index contributed by atoms with van der Waals surface area (Å²) in [6.07, 6.45) is 1.35. The van der Waals surface area contributed by atoms with Gasteiger partial charge >= 0.3 is 0 Å². The van der Waals surface area contributed by atoms with Gasteiger partial charge in [-0.2, -0.15) is 0 Å². The van der Waals surface area contributed by atoms with Crippen LogP contribution in [0.1, 0.15) is 17.8 Å². The van der Waals surface area contributed by atoms with E-state index in [4.69, 9.17) is 0 Å². The molecular weight excluding hydrogens is 382 g/mol. The van der Waals surface area contributed by atoms with Crippen LogP contribution in [0.4, 0.5) is 5.13 Å². The van der Waals surface area contributed by atoms with Crippen molar-refractivity contribution in [2.24, 2.45) is 0 Å². The molecule has 0 saturated carbocycles. The molecule has 0 aliphatic rings. The third-order valence-corrected chi connectivity index (χ3v) is 7.06. The van der Waals surface area contributed by atoms with Crippen LogP contribution in [0.15, 0.2) is 47.4 Å². The van der Waals surface area contributed by atoms with Crippen molar-refractivity contribution in [3.63, 3.8) is 0 Å². The number of aromatic nitrogens is 2. The van der Waals surface area contributed by atoms with Crippen LogP contribution < -0.4 is 5.32 Å². The Kier molecular flexibility index (Phi) is 5.19. The van der Waals surface area contributed by atoms with Crippen LogP contribution in [0.5, 0.6) is 0 Å². The first-order valence-corrected chi connectivity index (χ1v) is 11.0. The number of fused-ring (bicyclic) bond motifs is 3. The highest BCUT2D eigenvalue weighted by Crippen LogP contribution is 2.35. The molecule has 0 fully saturated rings. The van der Waals surface area contributed by atoms with Gasteiger partial charge in [0.25, 0.3) is 0 Å². The SMILES string of the molecule is Cc1nc2ccc3nc(NC(=O)CCCSc4ccccc4)sc3c2s1. The summed E-state index contributed by atoms with van der Waals surface area (Å²) in [6.45, 7) is 2.01. The van der Waals surface area contributed by atoms with Crippen molar-refractivity contribution in [3.05, 3.63) is 47.5 Å². The first kappa shape index (κ1) is 17.5. The predicted molar refractivity (Wildman–Crippen MR) is 113 cm³/mol. The molecule has 4 rings (SSSR count). The normalized spacial score (nSPS) is 11.3. The molecule has 0 bridgehead atoms. The molecule has 2 aromatic heterocycles. The fourth-order valence-electron chi connectivity index (χ4n) is 2.66. The summed E-state index contributed by atoms with van der Waals surface area (Å²) in [5.41, 5.74) is 1.92. The van der Waals surface area contributed by atoms with E-state index in [1.54, 1.807) is 23.1 Å². The van der Waals surface area contributed by atoms with Crippen LogP contribution in [0.2, 0.25) is 0 Å². The van der Waals surface area contributed by atoms with E-state index in [-0.39, 0.29) is 5.91 Å². The van der Waals surface area contributed by atoms with E-state index in [0.29, 0.717) is 11.6 Å². The van der Waals surface area contributed by atoms with E-state index >= 15 is 0 Å². The minimum absolute atomic E-state index is 0.0226. The fourth-order valence-corrected chi connectivity index (χ4v) is 5.56. The van der Waals surface area contributed by atoms with Crippen LogP contribution in [-0.2, 0) is 4.79 Å².